The Hall–Kier alpha value is -3.87. The molecular weight excluding hydrogens is 664 g/mol. The fraction of sp³-hybridized carbons (Fsp3) is 0.361. The van der Waals surface area contributed by atoms with Crippen molar-refractivity contribution in [2.45, 2.75) is 65.1 Å². The summed E-state index contributed by atoms with van der Waals surface area (Å²) in [7, 11) is 0. The number of para-hydroxylation sites is 2. The van der Waals surface area contributed by atoms with Crippen molar-refractivity contribution in [3.8, 4) is 0 Å². The zero-order chi connectivity index (χ0) is 34.2. The topological polar surface area (TPSA) is 163 Å². The first-order valence-electron chi connectivity index (χ1n) is 15.8. The number of carbonyl (C=O) groups excluding carboxylic acids is 3. The smallest absolute Gasteiger partial charge is 0.260 e. The molecule has 0 fully saturated rings. The van der Waals surface area contributed by atoms with Gasteiger partial charge in [-0.05, 0) is 89.5 Å². The number of hydrogen-bond acceptors (Lipinski definition) is 8. The van der Waals surface area contributed by atoms with E-state index in [9.17, 15) is 24.6 Å². The highest BCUT2D eigenvalue weighted by Crippen LogP contribution is 2.43. The maximum atomic E-state index is 14.6. The van der Waals surface area contributed by atoms with Crippen LogP contribution in [-0.2, 0) is 17.6 Å². The van der Waals surface area contributed by atoms with Crippen molar-refractivity contribution in [3.05, 3.63) is 86.9 Å². The Morgan fingerprint density at radius 3 is 2.49 bits per heavy atom. The number of aryl methyl sites for hydroxylation is 1. The molecule has 6 N–H and O–H groups in total. The summed E-state index contributed by atoms with van der Waals surface area (Å²) in [6.45, 7) is 6.80. The van der Waals surface area contributed by atoms with E-state index in [1.165, 1.54) is 9.80 Å². The molecule has 0 spiro atoms. The molecule has 3 aromatic carbocycles. The predicted octanol–water partition coefficient (Wildman–Crippen LogP) is 5.17. The number of rotatable bonds is 10. The van der Waals surface area contributed by atoms with Crippen molar-refractivity contribution in [1.29, 1.82) is 0 Å². The van der Waals surface area contributed by atoms with Crippen LogP contribution in [0.15, 0.2) is 63.5 Å². The average Bonchev–Trinajstić information content (AvgIpc) is 3.33. The number of nitrogens with zero attached hydrogens (tertiary/aromatic N) is 2. The number of amides is 2. The van der Waals surface area contributed by atoms with Crippen LogP contribution in [0.2, 0.25) is 0 Å². The molecule has 1 aliphatic heterocycles. The van der Waals surface area contributed by atoms with E-state index in [1.807, 2.05) is 57.2 Å². The van der Waals surface area contributed by atoms with Crippen molar-refractivity contribution in [1.82, 2.24) is 0 Å². The van der Waals surface area contributed by atoms with Gasteiger partial charge < -0.3 is 26.1 Å². The molecular formula is C36H41BrN4O6. The van der Waals surface area contributed by atoms with E-state index in [-0.39, 0.29) is 41.3 Å². The molecule has 4 aromatic rings. The van der Waals surface area contributed by atoms with E-state index in [1.54, 1.807) is 25.1 Å². The van der Waals surface area contributed by atoms with Gasteiger partial charge in [0.15, 0.2) is 5.78 Å². The van der Waals surface area contributed by atoms with Crippen molar-refractivity contribution in [3.63, 3.8) is 0 Å². The molecule has 10 nitrogen and oxygen atoms in total. The molecule has 2 unspecified atom stereocenters. The van der Waals surface area contributed by atoms with Crippen molar-refractivity contribution in [2.75, 3.05) is 23.0 Å². The Morgan fingerprint density at radius 2 is 1.83 bits per heavy atom. The molecule has 2 amide bonds. The number of ketones is 1. The summed E-state index contributed by atoms with van der Waals surface area (Å²) in [6.07, 6.45) is -0.507. The zero-order valence-electron chi connectivity index (χ0n) is 27.0. The first-order chi connectivity index (χ1) is 22.4. The number of aliphatic hydroxyl groups is 2. The van der Waals surface area contributed by atoms with E-state index in [0.717, 1.165) is 10.9 Å². The standard InChI is InChI=1S/C36H41BrN4O6/c1-5-40(36-30(37)24-11-7-9-13-28(24)47-36)34(45)25-17-22(16-23(43)18-42)29(33(44)31(39)19(2)3)32(20(25)4)41-27-12-8-6-10-21(27)14-15-26(38)35(41)46/h6-13,17,19,23,26,31,42-43H,5,14-16,18,38-39H2,1-4H3/t23-,26?,31?/m0/s1. The highest BCUT2D eigenvalue weighted by Gasteiger charge is 2.38. The summed E-state index contributed by atoms with van der Waals surface area (Å²) in [5.74, 6) is -1.29. The molecule has 2 heterocycles. The Kier molecular flexibility index (Phi) is 10.3. The van der Waals surface area contributed by atoms with Crippen LogP contribution in [0.3, 0.4) is 0 Å². The summed E-state index contributed by atoms with van der Waals surface area (Å²) < 4.78 is 6.75. The van der Waals surface area contributed by atoms with Gasteiger partial charge in [0.2, 0.25) is 11.8 Å². The quantitative estimate of drug-likeness (QED) is 0.164. The molecule has 0 saturated carbocycles. The highest BCUT2D eigenvalue weighted by molar-refractivity contribution is 9.10. The van der Waals surface area contributed by atoms with E-state index in [4.69, 9.17) is 15.9 Å². The minimum Gasteiger partial charge on any atom is -0.439 e. The van der Waals surface area contributed by atoms with Crippen LogP contribution in [0.4, 0.5) is 17.3 Å². The van der Waals surface area contributed by atoms with Gasteiger partial charge in [-0.15, -0.1) is 0 Å². The summed E-state index contributed by atoms with van der Waals surface area (Å²) in [5.41, 5.74) is 16.0. The monoisotopic (exact) mass is 704 g/mol. The number of anilines is 3. The summed E-state index contributed by atoms with van der Waals surface area (Å²) >= 11 is 3.61. The number of aliphatic hydroxyl groups excluding tert-OH is 2. The second kappa shape index (κ2) is 14.1. The summed E-state index contributed by atoms with van der Waals surface area (Å²) in [5, 5.41) is 21.4. The second-order valence-corrected chi connectivity index (χ2v) is 13.1. The Balaban J connectivity index is 1.84. The number of carbonyl (C=O) groups is 3. The van der Waals surface area contributed by atoms with Crippen molar-refractivity contribution in [2.24, 2.45) is 17.4 Å². The first-order valence-corrected chi connectivity index (χ1v) is 16.6. The normalized spacial score (nSPS) is 16.3. The molecule has 0 bridgehead atoms. The Bertz CT molecular complexity index is 1840. The number of Topliss-reactive ketones (excluding diaryl/α,β-unsaturated/α-hetero) is 1. The number of benzene rings is 3. The molecule has 0 aliphatic carbocycles. The third kappa shape index (κ3) is 6.38. The summed E-state index contributed by atoms with van der Waals surface area (Å²) in [6, 6.07) is 14.5. The van der Waals surface area contributed by atoms with E-state index >= 15 is 0 Å². The van der Waals surface area contributed by atoms with Gasteiger partial charge in [-0.3, -0.25) is 24.2 Å². The van der Waals surface area contributed by atoms with Crippen LogP contribution < -0.4 is 21.3 Å². The number of fused-ring (bicyclic) bond motifs is 2. The van der Waals surface area contributed by atoms with Gasteiger partial charge >= 0.3 is 0 Å². The van der Waals surface area contributed by atoms with Gasteiger partial charge in [0.05, 0.1) is 40.6 Å². The molecule has 248 valence electrons. The second-order valence-electron chi connectivity index (χ2n) is 12.3. The number of hydrogen-bond donors (Lipinski definition) is 4. The van der Waals surface area contributed by atoms with Crippen LogP contribution in [-0.4, -0.2) is 59.1 Å². The van der Waals surface area contributed by atoms with Crippen LogP contribution >= 0.6 is 15.9 Å². The molecule has 0 radical (unpaired) electrons. The minimum absolute atomic E-state index is 0.109. The third-order valence-corrected chi connectivity index (χ3v) is 9.61. The van der Waals surface area contributed by atoms with Gasteiger partial charge in [-0.2, -0.15) is 0 Å². The van der Waals surface area contributed by atoms with Gasteiger partial charge in [0, 0.05) is 29.5 Å². The molecule has 11 heteroatoms. The van der Waals surface area contributed by atoms with Crippen molar-refractivity contribution >= 4 is 61.8 Å². The lowest BCUT2D eigenvalue weighted by Crippen LogP contribution is -2.43. The maximum absolute atomic E-state index is 14.6. The first kappa shape index (κ1) is 34.5. The Morgan fingerprint density at radius 1 is 1.15 bits per heavy atom. The van der Waals surface area contributed by atoms with E-state index in [2.05, 4.69) is 15.9 Å². The SMILES string of the molecule is CCN(C(=O)c1cc(C[C@H](O)CO)c(C(=O)C(N)C(C)C)c(N2C(=O)C(N)CCc3ccccc32)c1C)c1oc2ccccc2c1Br. The van der Waals surface area contributed by atoms with Crippen molar-refractivity contribution < 1.29 is 29.0 Å². The van der Waals surface area contributed by atoms with Gasteiger partial charge in [-0.1, -0.05) is 44.2 Å². The number of furan rings is 1. The van der Waals surface area contributed by atoms with Crippen LogP contribution in [0, 0.1) is 12.8 Å². The molecule has 3 atom stereocenters. The molecule has 0 saturated heterocycles. The van der Waals surface area contributed by atoms with Crippen LogP contribution in [0.1, 0.15) is 64.6 Å². The van der Waals surface area contributed by atoms with E-state index in [0.29, 0.717) is 40.0 Å². The molecule has 47 heavy (non-hydrogen) atoms. The lowest BCUT2D eigenvalue weighted by atomic mass is 9.85. The average molecular weight is 706 g/mol. The zero-order valence-corrected chi connectivity index (χ0v) is 28.6. The highest BCUT2D eigenvalue weighted by atomic mass is 79.9. The fourth-order valence-corrected chi connectivity index (χ4v) is 6.76. The van der Waals surface area contributed by atoms with Gasteiger partial charge in [0.25, 0.3) is 5.91 Å². The molecule has 5 rings (SSSR count). The largest absolute Gasteiger partial charge is 0.439 e. The number of halogens is 1. The van der Waals surface area contributed by atoms with Crippen LogP contribution in [0.5, 0.6) is 0 Å². The van der Waals surface area contributed by atoms with Crippen LogP contribution in [0.25, 0.3) is 11.0 Å². The predicted molar refractivity (Wildman–Crippen MR) is 186 cm³/mol. The molecule has 1 aliphatic rings. The van der Waals surface area contributed by atoms with Gasteiger partial charge in [-0.25, -0.2) is 0 Å². The molecule has 1 aromatic heterocycles. The summed E-state index contributed by atoms with van der Waals surface area (Å²) in [4.78, 5) is 46.2. The lowest BCUT2D eigenvalue weighted by molar-refractivity contribution is -0.119. The minimum atomic E-state index is -1.25. The van der Waals surface area contributed by atoms with Gasteiger partial charge in [0.1, 0.15) is 5.58 Å². The third-order valence-electron chi connectivity index (χ3n) is 8.84. The maximum Gasteiger partial charge on any atom is 0.260 e. The lowest BCUT2D eigenvalue weighted by Gasteiger charge is -2.32. The fourth-order valence-electron chi connectivity index (χ4n) is 6.14. The Labute approximate surface area is 282 Å². The van der Waals surface area contributed by atoms with E-state index < -0.39 is 42.4 Å². The number of nitrogens with two attached hydrogens (primary N) is 2.